The van der Waals surface area contributed by atoms with E-state index in [-0.39, 0.29) is 11.8 Å². The van der Waals surface area contributed by atoms with E-state index < -0.39 is 11.7 Å². The molecule has 0 saturated heterocycles. The van der Waals surface area contributed by atoms with Crippen molar-refractivity contribution < 1.29 is 18.0 Å². The van der Waals surface area contributed by atoms with E-state index in [1.807, 2.05) is 27.8 Å². The third-order valence-electron chi connectivity index (χ3n) is 4.74. The first kappa shape index (κ1) is 19.0. The number of carbonyl (C=O) groups is 1. The molecule has 0 amide bonds. The number of ketones is 1. The highest BCUT2D eigenvalue weighted by Crippen LogP contribution is 2.39. The summed E-state index contributed by atoms with van der Waals surface area (Å²) in [6.07, 6.45) is -0.196. The molecular formula is C21H16F3NOS2. The molecule has 0 N–H and O–H groups in total. The van der Waals surface area contributed by atoms with Crippen LogP contribution in [0.25, 0.3) is 0 Å². The zero-order valence-electron chi connectivity index (χ0n) is 14.6. The van der Waals surface area contributed by atoms with Gasteiger partial charge in [0.15, 0.2) is 5.78 Å². The Balaban J connectivity index is 1.65. The van der Waals surface area contributed by atoms with E-state index in [4.69, 9.17) is 0 Å². The molecule has 0 aliphatic carbocycles. The molecule has 1 atom stereocenters. The smallest absolute Gasteiger partial charge is 0.366 e. The molecule has 1 aliphatic heterocycles. The van der Waals surface area contributed by atoms with Crippen LogP contribution in [0.4, 0.5) is 13.2 Å². The Morgan fingerprint density at radius 3 is 2.54 bits per heavy atom. The third-order valence-corrected chi connectivity index (χ3v) is 6.62. The molecule has 0 fully saturated rings. The van der Waals surface area contributed by atoms with Gasteiger partial charge in [0.25, 0.3) is 0 Å². The lowest BCUT2D eigenvalue weighted by Crippen LogP contribution is -2.31. The molecular weight excluding hydrogens is 403 g/mol. The normalized spacial score (nSPS) is 17.1. The van der Waals surface area contributed by atoms with Crippen molar-refractivity contribution in [2.75, 3.05) is 6.54 Å². The highest BCUT2D eigenvalue weighted by atomic mass is 32.1. The number of nitrogens with zero attached hydrogens (tertiary/aromatic N) is 1. The standard InChI is InChI=1S/C21H16F3NOS2/c22-21(23,24)15-5-3-14(4-6-15)20-16-9-13-28-18(16)8-11-25(20)10-7-17(26)19-2-1-12-27-19/h1-7,9-10,12-13,20H,8,11H2. The van der Waals surface area contributed by atoms with Crippen molar-refractivity contribution >= 4 is 28.5 Å². The van der Waals surface area contributed by atoms with Gasteiger partial charge in [-0.2, -0.15) is 13.2 Å². The van der Waals surface area contributed by atoms with Gasteiger partial charge in [0.05, 0.1) is 16.5 Å². The van der Waals surface area contributed by atoms with Crippen LogP contribution >= 0.6 is 22.7 Å². The number of alkyl halides is 3. The van der Waals surface area contributed by atoms with Gasteiger partial charge in [-0.25, -0.2) is 0 Å². The summed E-state index contributed by atoms with van der Waals surface area (Å²) in [4.78, 5) is 16.2. The van der Waals surface area contributed by atoms with E-state index in [1.165, 1.54) is 28.3 Å². The average Bonchev–Trinajstić information content (AvgIpc) is 3.36. The van der Waals surface area contributed by atoms with Gasteiger partial charge in [-0.3, -0.25) is 4.79 Å². The maximum absolute atomic E-state index is 12.9. The van der Waals surface area contributed by atoms with Crippen molar-refractivity contribution in [3.05, 3.63) is 91.9 Å². The van der Waals surface area contributed by atoms with Gasteiger partial charge in [-0.1, -0.05) is 18.2 Å². The number of halogens is 3. The van der Waals surface area contributed by atoms with Crippen LogP contribution in [0.1, 0.15) is 37.3 Å². The second-order valence-electron chi connectivity index (χ2n) is 6.47. The van der Waals surface area contributed by atoms with Crippen LogP contribution in [0.5, 0.6) is 0 Å². The Kier molecular flexibility index (Phi) is 5.12. The first-order valence-electron chi connectivity index (χ1n) is 8.68. The molecule has 144 valence electrons. The first-order chi connectivity index (χ1) is 13.4. The van der Waals surface area contributed by atoms with Crippen molar-refractivity contribution in [1.29, 1.82) is 0 Å². The lowest BCUT2D eigenvalue weighted by molar-refractivity contribution is -0.137. The van der Waals surface area contributed by atoms with Gasteiger partial charge in [-0.15, -0.1) is 22.7 Å². The van der Waals surface area contributed by atoms with Crippen LogP contribution in [0.2, 0.25) is 0 Å². The van der Waals surface area contributed by atoms with Gasteiger partial charge < -0.3 is 4.90 Å². The van der Waals surface area contributed by atoms with Crippen molar-refractivity contribution in [3.8, 4) is 0 Å². The number of benzene rings is 1. The van der Waals surface area contributed by atoms with Crippen LogP contribution in [0, 0.1) is 0 Å². The fourth-order valence-corrected chi connectivity index (χ4v) is 4.93. The molecule has 1 aromatic carbocycles. The van der Waals surface area contributed by atoms with Gasteiger partial charge >= 0.3 is 6.18 Å². The van der Waals surface area contributed by atoms with Crippen molar-refractivity contribution in [2.45, 2.75) is 18.6 Å². The van der Waals surface area contributed by atoms with E-state index in [0.717, 1.165) is 29.7 Å². The summed E-state index contributed by atoms with van der Waals surface area (Å²) in [6.45, 7) is 0.702. The van der Waals surface area contributed by atoms with Crippen LogP contribution < -0.4 is 0 Å². The highest BCUT2D eigenvalue weighted by molar-refractivity contribution is 7.12. The van der Waals surface area contributed by atoms with E-state index in [9.17, 15) is 18.0 Å². The number of fused-ring (bicyclic) bond motifs is 1. The molecule has 3 aromatic rings. The second kappa shape index (κ2) is 7.56. The summed E-state index contributed by atoms with van der Waals surface area (Å²) in [5, 5.41) is 3.86. The molecule has 28 heavy (non-hydrogen) atoms. The Labute approximate surface area is 168 Å². The van der Waals surface area contributed by atoms with Crippen molar-refractivity contribution in [2.24, 2.45) is 0 Å². The summed E-state index contributed by atoms with van der Waals surface area (Å²) >= 11 is 3.04. The number of hydrogen-bond donors (Lipinski definition) is 0. The molecule has 2 aromatic heterocycles. The monoisotopic (exact) mass is 419 g/mol. The van der Waals surface area contributed by atoms with E-state index >= 15 is 0 Å². The van der Waals surface area contributed by atoms with Crippen LogP contribution in [0.15, 0.2) is 65.5 Å². The zero-order valence-corrected chi connectivity index (χ0v) is 16.3. The Morgan fingerprint density at radius 1 is 1.07 bits per heavy atom. The zero-order chi connectivity index (χ0) is 19.7. The van der Waals surface area contributed by atoms with E-state index in [1.54, 1.807) is 29.7 Å². The molecule has 0 spiro atoms. The summed E-state index contributed by atoms with van der Waals surface area (Å²) < 4.78 is 38.7. The summed E-state index contributed by atoms with van der Waals surface area (Å²) in [5.74, 6) is -0.0720. The Hall–Kier alpha value is -2.38. The van der Waals surface area contributed by atoms with Crippen LogP contribution in [-0.4, -0.2) is 17.2 Å². The second-order valence-corrected chi connectivity index (χ2v) is 8.41. The molecule has 0 radical (unpaired) electrons. The maximum Gasteiger partial charge on any atom is 0.416 e. The number of thiophene rings is 2. The Morgan fingerprint density at radius 2 is 1.86 bits per heavy atom. The molecule has 0 bridgehead atoms. The fourth-order valence-electron chi connectivity index (χ4n) is 3.39. The maximum atomic E-state index is 12.9. The lowest BCUT2D eigenvalue weighted by Gasteiger charge is -2.35. The van der Waals surface area contributed by atoms with Gasteiger partial charge in [0.1, 0.15) is 0 Å². The molecule has 0 saturated carbocycles. The largest absolute Gasteiger partial charge is 0.416 e. The summed E-state index contributed by atoms with van der Waals surface area (Å²) in [6, 6.07) is 10.7. The van der Waals surface area contributed by atoms with Crippen molar-refractivity contribution in [1.82, 2.24) is 4.90 Å². The predicted molar refractivity (Wildman–Crippen MR) is 106 cm³/mol. The number of allylic oxidation sites excluding steroid dienone is 1. The van der Waals surface area contributed by atoms with Gasteiger partial charge in [-0.05, 0) is 52.6 Å². The molecule has 2 nitrogen and oxygen atoms in total. The van der Waals surface area contributed by atoms with Gasteiger partial charge in [0.2, 0.25) is 0 Å². The van der Waals surface area contributed by atoms with E-state index in [0.29, 0.717) is 11.4 Å². The SMILES string of the molecule is O=C(C=CN1CCc2sccc2C1c1ccc(C(F)(F)F)cc1)c1cccs1. The molecule has 1 aliphatic rings. The van der Waals surface area contributed by atoms with Gasteiger partial charge in [0, 0.05) is 23.7 Å². The minimum Gasteiger partial charge on any atom is -0.366 e. The third kappa shape index (κ3) is 3.77. The summed E-state index contributed by atoms with van der Waals surface area (Å²) in [7, 11) is 0. The molecule has 1 unspecified atom stereocenters. The minimum atomic E-state index is -4.36. The fraction of sp³-hybridized carbons (Fsp3) is 0.190. The topological polar surface area (TPSA) is 20.3 Å². The average molecular weight is 419 g/mol. The van der Waals surface area contributed by atoms with Crippen molar-refractivity contribution in [3.63, 3.8) is 0 Å². The first-order valence-corrected chi connectivity index (χ1v) is 10.4. The number of carbonyl (C=O) groups excluding carboxylic acids is 1. The lowest BCUT2D eigenvalue weighted by atomic mass is 9.93. The Bertz CT molecular complexity index is 988. The molecule has 4 rings (SSSR count). The quantitative estimate of drug-likeness (QED) is 0.372. The number of rotatable bonds is 4. The van der Waals surface area contributed by atoms with E-state index in [2.05, 4.69) is 0 Å². The predicted octanol–water partition coefficient (Wildman–Crippen LogP) is 6.17. The van der Waals surface area contributed by atoms with Crippen LogP contribution in [0.3, 0.4) is 0 Å². The molecule has 3 heterocycles. The highest BCUT2D eigenvalue weighted by Gasteiger charge is 2.32. The van der Waals surface area contributed by atoms with Crippen LogP contribution in [-0.2, 0) is 12.6 Å². The minimum absolute atomic E-state index is 0.0720. The summed E-state index contributed by atoms with van der Waals surface area (Å²) in [5.41, 5.74) is 1.21. The molecule has 7 heteroatoms. The number of hydrogen-bond acceptors (Lipinski definition) is 4.